The fraction of sp³-hybridized carbons (Fsp3) is 0.857. The quantitative estimate of drug-likeness (QED) is 0.672. The van der Waals surface area contributed by atoms with Crippen LogP contribution in [0.4, 0.5) is 0 Å². The van der Waals surface area contributed by atoms with Crippen molar-refractivity contribution in [2.24, 2.45) is 11.3 Å². The highest BCUT2D eigenvalue weighted by Gasteiger charge is 2.45. The molecule has 2 aliphatic carbocycles. The van der Waals surface area contributed by atoms with Crippen molar-refractivity contribution >= 4 is 12.3 Å². The van der Waals surface area contributed by atoms with Crippen LogP contribution >= 0.6 is 0 Å². The Labute approximate surface area is 114 Å². The van der Waals surface area contributed by atoms with E-state index in [1.54, 1.807) is 7.05 Å². The van der Waals surface area contributed by atoms with Crippen molar-refractivity contribution in [3.05, 3.63) is 0 Å². The lowest BCUT2D eigenvalue weighted by Crippen LogP contribution is -2.50. The van der Waals surface area contributed by atoms with Crippen molar-refractivity contribution in [1.82, 2.24) is 10.6 Å². The van der Waals surface area contributed by atoms with Gasteiger partial charge in [-0.15, -0.1) is 0 Å². The molecular weight excluding hydrogens is 244 g/mol. The molecule has 0 saturated heterocycles. The Hall–Kier alpha value is -1.10. The summed E-state index contributed by atoms with van der Waals surface area (Å²) in [5, 5.41) is 5.08. The molecule has 0 spiro atoms. The van der Waals surface area contributed by atoms with Gasteiger partial charge in [-0.25, -0.2) is 0 Å². The molecule has 2 fully saturated rings. The molecule has 2 unspecified atom stereocenters. The second-order valence-corrected chi connectivity index (χ2v) is 6.04. The number of nitrogens with one attached hydrogen (secondary N) is 2. The predicted octanol–water partition coefficient (Wildman–Crippen LogP) is 0.832. The van der Waals surface area contributed by atoms with E-state index in [2.05, 4.69) is 10.6 Å². The first kappa shape index (κ1) is 14.3. The first-order chi connectivity index (χ1) is 9.10. The van der Waals surface area contributed by atoms with Gasteiger partial charge in [-0.2, -0.15) is 0 Å². The Bertz CT molecular complexity index is 338. The lowest BCUT2D eigenvalue weighted by atomic mass is 9.85. The van der Waals surface area contributed by atoms with E-state index in [1.165, 1.54) is 32.1 Å². The van der Waals surface area contributed by atoms with E-state index in [1.807, 2.05) is 6.92 Å². The molecule has 2 bridgehead atoms. The molecule has 2 aliphatic rings. The topological polar surface area (TPSA) is 67.4 Å². The maximum absolute atomic E-state index is 11.7. The first-order valence-corrected chi connectivity index (χ1v) is 7.13. The van der Waals surface area contributed by atoms with Crippen LogP contribution in [0.25, 0.3) is 0 Å². The summed E-state index contributed by atoms with van der Waals surface area (Å²) in [5.74, 6) is 0.676. The van der Waals surface area contributed by atoms with Gasteiger partial charge in [0.15, 0.2) is 0 Å². The minimum Gasteiger partial charge on any atom is -0.375 e. The molecular formula is C14H24N2O3. The van der Waals surface area contributed by atoms with Gasteiger partial charge in [0.25, 0.3) is 0 Å². The molecule has 2 N–H and O–H groups in total. The molecule has 19 heavy (non-hydrogen) atoms. The van der Waals surface area contributed by atoms with Gasteiger partial charge in [0.1, 0.15) is 6.04 Å². The third kappa shape index (κ3) is 3.08. The SMILES string of the molecule is CNC(=O)C(NC=O)C(C)OCC12CCC(CC1)C2. The smallest absolute Gasteiger partial charge is 0.245 e. The minimum absolute atomic E-state index is 0.215. The van der Waals surface area contributed by atoms with Crippen molar-refractivity contribution < 1.29 is 14.3 Å². The second-order valence-electron chi connectivity index (χ2n) is 6.04. The predicted molar refractivity (Wildman–Crippen MR) is 71.5 cm³/mol. The third-order valence-electron chi connectivity index (χ3n) is 4.79. The number of carbonyl (C=O) groups is 2. The van der Waals surface area contributed by atoms with E-state index in [4.69, 9.17) is 4.74 Å². The zero-order valence-electron chi connectivity index (χ0n) is 11.8. The summed E-state index contributed by atoms with van der Waals surface area (Å²) in [6.45, 7) is 2.55. The van der Waals surface area contributed by atoms with Crippen molar-refractivity contribution in [1.29, 1.82) is 0 Å². The summed E-state index contributed by atoms with van der Waals surface area (Å²) in [4.78, 5) is 22.3. The Morgan fingerprint density at radius 3 is 2.63 bits per heavy atom. The number of carbonyl (C=O) groups excluding carboxylic acids is 2. The van der Waals surface area contributed by atoms with Gasteiger partial charge >= 0.3 is 0 Å². The molecule has 5 heteroatoms. The van der Waals surface area contributed by atoms with E-state index in [-0.39, 0.29) is 12.0 Å². The average Bonchev–Trinajstić information content (AvgIpc) is 3.02. The van der Waals surface area contributed by atoms with Crippen molar-refractivity contribution in [2.45, 2.75) is 51.2 Å². The van der Waals surface area contributed by atoms with Crippen molar-refractivity contribution in [3.8, 4) is 0 Å². The molecule has 0 heterocycles. The van der Waals surface area contributed by atoms with E-state index >= 15 is 0 Å². The minimum atomic E-state index is -0.613. The van der Waals surface area contributed by atoms with E-state index < -0.39 is 6.04 Å². The number of ether oxygens (including phenoxy) is 1. The van der Waals surface area contributed by atoms with Crippen LogP contribution in [-0.4, -0.2) is 38.1 Å². The highest BCUT2D eigenvalue weighted by Crippen LogP contribution is 2.54. The van der Waals surface area contributed by atoms with Gasteiger partial charge in [-0.3, -0.25) is 9.59 Å². The molecule has 5 nitrogen and oxygen atoms in total. The normalized spacial score (nSPS) is 31.8. The first-order valence-electron chi connectivity index (χ1n) is 7.13. The van der Waals surface area contributed by atoms with Gasteiger partial charge in [0, 0.05) is 7.05 Å². The molecule has 2 saturated carbocycles. The van der Waals surface area contributed by atoms with Crippen LogP contribution in [0.15, 0.2) is 0 Å². The van der Waals surface area contributed by atoms with Crippen LogP contribution in [0.3, 0.4) is 0 Å². The molecule has 0 aromatic heterocycles. The molecule has 2 rings (SSSR count). The molecule has 0 aromatic carbocycles. The third-order valence-corrected chi connectivity index (χ3v) is 4.79. The lowest BCUT2D eigenvalue weighted by Gasteiger charge is -2.30. The van der Waals surface area contributed by atoms with Crippen LogP contribution < -0.4 is 10.6 Å². The molecule has 2 amide bonds. The molecule has 0 aliphatic heterocycles. The Kier molecular flexibility index (Phi) is 4.45. The van der Waals surface area contributed by atoms with Crippen LogP contribution in [0.5, 0.6) is 0 Å². The largest absolute Gasteiger partial charge is 0.375 e. The zero-order chi connectivity index (χ0) is 13.9. The fourth-order valence-electron chi connectivity index (χ4n) is 3.57. The highest BCUT2D eigenvalue weighted by molar-refractivity contribution is 5.83. The zero-order valence-corrected chi connectivity index (χ0v) is 11.8. The summed E-state index contributed by atoms with van der Waals surface area (Å²) < 4.78 is 5.90. The molecule has 108 valence electrons. The van der Waals surface area contributed by atoms with Crippen molar-refractivity contribution in [3.63, 3.8) is 0 Å². The van der Waals surface area contributed by atoms with E-state index in [0.717, 1.165) is 5.92 Å². The summed E-state index contributed by atoms with van der Waals surface area (Å²) in [6, 6.07) is -0.613. The maximum atomic E-state index is 11.7. The van der Waals surface area contributed by atoms with Crippen LogP contribution in [0, 0.1) is 11.3 Å². The molecule has 0 radical (unpaired) electrons. The van der Waals surface area contributed by atoms with Gasteiger partial charge in [0.05, 0.1) is 12.7 Å². The number of rotatable bonds is 7. The molecule has 0 aromatic rings. The number of likely N-dealkylation sites (N-methyl/N-ethyl adjacent to an activating group) is 1. The average molecular weight is 268 g/mol. The lowest BCUT2D eigenvalue weighted by molar-refractivity contribution is -0.130. The van der Waals surface area contributed by atoms with Crippen LogP contribution in [0.2, 0.25) is 0 Å². The summed E-state index contributed by atoms with van der Waals surface area (Å²) in [5.41, 5.74) is 0.341. The van der Waals surface area contributed by atoms with E-state index in [0.29, 0.717) is 18.4 Å². The van der Waals surface area contributed by atoms with E-state index in [9.17, 15) is 9.59 Å². The van der Waals surface area contributed by atoms with Gasteiger partial charge < -0.3 is 15.4 Å². The number of amides is 2. The Morgan fingerprint density at radius 1 is 1.47 bits per heavy atom. The number of hydrogen-bond donors (Lipinski definition) is 2. The summed E-state index contributed by atoms with van der Waals surface area (Å²) in [7, 11) is 1.56. The van der Waals surface area contributed by atoms with Gasteiger partial charge in [-0.1, -0.05) is 0 Å². The maximum Gasteiger partial charge on any atom is 0.245 e. The standard InChI is InChI=1S/C14H24N2O3/c1-10(12(16-9-17)13(18)15-2)19-8-14-5-3-11(7-14)4-6-14/h9-12H,3-8H2,1-2H3,(H,15,18)(H,16,17). The Balaban J connectivity index is 1.86. The monoisotopic (exact) mass is 268 g/mol. The highest BCUT2D eigenvalue weighted by atomic mass is 16.5. The van der Waals surface area contributed by atoms with Gasteiger partial charge in [-0.05, 0) is 50.4 Å². The second kappa shape index (κ2) is 5.90. The summed E-state index contributed by atoms with van der Waals surface area (Å²) >= 11 is 0. The van der Waals surface area contributed by atoms with Crippen LogP contribution in [0.1, 0.15) is 39.0 Å². The molecule has 2 atom stereocenters. The Morgan fingerprint density at radius 2 is 2.16 bits per heavy atom. The fourth-order valence-corrected chi connectivity index (χ4v) is 3.57. The number of fused-ring (bicyclic) bond motifs is 2. The van der Waals surface area contributed by atoms with Gasteiger partial charge in [0.2, 0.25) is 12.3 Å². The van der Waals surface area contributed by atoms with Crippen LogP contribution in [-0.2, 0) is 14.3 Å². The summed E-state index contributed by atoms with van der Waals surface area (Å²) in [6.07, 6.45) is 6.66. The number of hydrogen-bond acceptors (Lipinski definition) is 3. The van der Waals surface area contributed by atoms with Crippen molar-refractivity contribution in [2.75, 3.05) is 13.7 Å².